The van der Waals surface area contributed by atoms with Crippen LogP contribution in [0, 0.1) is 18.8 Å². The number of ketones is 2. The number of hydrogen-bond donors (Lipinski definition) is 1. The van der Waals surface area contributed by atoms with Crippen molar-refractivity contribution in [3.8, 4) is 11.1 Å². The maximum absolute atomic E-state index is 13.8. The Hall–Kier alpha value is -3.62. The minimum atomic E-state index is -0.350. The van der Waals surface area contributed by atoms with E-state index in [0.29, 0.717) is 23.9 Å². The molecule has 0 radical (unpaired) electrons. The van der Waals surface area contributed by atoms with E-state index in [1.54, 1.807) is 13.0 Å². The van der Waals surface area contributed by atoms with Crippen molar-refractivity contribution in [1.29, 1.82) is 0 Å². The molecule has 8 heteroatoms. The van der Waals surface area contributed by atoms with Crippen LogP contribution in [0.1, 0.15) is 74.5 Å². The zero-order chi connectivity index (χ0) is 32.1. The summed E-state index contributed by atoms with van der Waals surface area (Å²) in [7, 11) is 2.12. The van der Waals surface area contributed by atoms with Gasteiger partial charge in [-0.2, -0.15) is 0 Å². The fourth-order valence-corrected chi connectivity index (χ4v) is 7.09. The lowest BCUT2D eigenvalue weighted by Crippen LogP contribution is -2.37. The SMILES string of the molecule is CC(=O)CC1CCC(N(C)c2cc(-c3ccc(CN4CCOCC4)nc3)cc(C(=O)NCC3C(=O)C=C(C)C=C3C)c2C)CC1. The van der Waals surface area contributed by atoms with Crippen molar-refractivity contribution < 1.29 is 19.1 Å². The van der Waals surface area contributed by atoms with E-state index in [0.717, 1.165) is 97.7 Å². The Bertz CT molecular complexity index is 1460. The second-order valence-electron chi connectivity index (χ2n) is 13.2. The average molecular weight is 613 g/mol. The number of pyridine rings is 1. The Labute approximate surface area is 267 Å². The van der Waals surface area contributed by atoms with Gasteiger partial charge < -0.3 is 19.7 Å². The number of hydrogen-bond acceptors (Lipinski definition) is 7. The molecule has 3 aliphatic rings. The molecule has 1 saturated carbocycles. The van der Waals surface area contributed by atoms with Crippen molar-refractivity contribution in [3.63, 3.8) is 0 Å². The van der Waals surface area contributed by atoms with Gasteiger partial charge in [0.1, 0.15) is 5.78 Å². The van der Waals surface area contributed by atoms with Gasteiger partial charge in [-0.3, -0.25) is 19.5 Å². The summed E-state index contributed by atoms with van der Waals surface area (Å²) in [6, 6.07) is 8.63. The van der Waals surface area contributed by atoms with Gasteiger partial charge in [-0.25, -0.2) is 0 Å². The Morgan fingerprint density at radius 1 is 1.02 bits per heavy atom. The molecule has 1 amide bonds. The van der Waals surface area contributed by atoms with Crippen LogP contribution in [0.15, 0.2) is 53.8 Å². The number of amides is 1. The van der Waals surface area contributed by atoms with Crippen LogP contribution < -0.4 is 10.2 Å². The zero-order valence-electron chi connectivity index (χ0n) is 27.5. The van der Waals surface area contributed by atoms with Crippen LogP contribution in [0.4, 0.5) is 5.69 Å². The van der Waals surface area contributed by atoms with E-state index >= 15 is 0 Å². The highest BCUT2D eigenvalue weighted by Gasteiger charge is 2.28. The van der Waals surface area contributed by atoms with Crippen LogP contribution in [0.5, 0.6) is 0 Å². The molecule has 1 atom stereocenters. The molecule has 240 valence electrons. The van der Waals surface area contributed by atoms with Crippen LogP contribution in [0.25, 0.3) is 11.1 Å². The maximum Gasteiger partial charge on any atom is 0.251 e. The first-order valence-corrected chi connectivity index (χ1v) is 16.4. The Morgan fingerprint density at radius 3 is 2.40 bits per heavy atom. The number of carbonyl (C=O) groups excluding carboxylic acids is 3. The number of rotatable bonds is 10. The summed E-state index contributed by atoms with van der Waals surface area (Å²) in [6.07, 6.45) is 10.3. The van der Waals surface area contributed by atoms with Gasteiger partial charge in [0, 0.05) is 68.7 Å². The Kier molecular flexibility index (Phi) is 10.7. The quantitative estimate of drug-likeness (QED) is 0.369. The summed E-state index contributed by atoms with van der Waals surface area (Å²) in [5.74, 6) is 0.223. The Morgan fingerprint density at radius 2 is 1.76 bits per heavy atom. The fraction of sp³-hybridized carbons (Fsp3) is 0.514. The molecule has 0 spiro atoms. The topological polar surface area (TPSA) is 91.8 Å². The van der Waals surface area contributed by atoms with Gasteiger partial charge in [0.05, 0.1) is 24.8 Å². The molecule has 2 heterocycles. The fourth-order valence-electron chi connectivity index (χ4n) is 7.09. The van der Waals surface area contributed by atoms with Gasteiger partial charge in [0.25, 0.3) is 5.91 Å². The molecule has 1 saturated heterocycles. The highest BCUT2D eigenvalue weighted by atomic mass is 16.5. The normalized spacial score (nSPS) is 22.4. The number of ether oxygens (including phenoxy) is 1. The smallest absolute Gasteiger partial charge is 0.251 e. The summed E-state index contributed by atoms with van der Waals surface area (Å²) in [5, 5.41) is 3.08. The number of nitrogens with one attached hydrogen (secondary N) is 1. The summed E-state index contributed by atoms with van der Waals surface area (Å²) < 4.78 is 5.48. The number of Topliss-reactive ketones (excluding diaryl/α,β-unsaturated/α-hetero) is 1. The molecule has 1 aromatic heterocycles. The second-order valence-corrected chi connectivity index (χ2v) is 13.2. The molecular formula is C37H48N4O4. The van der Waals surface area contributed by atoms with Gasteiger partial charge in [-0.15, -0.1) is 0 Å². The van der Waals surface area contributed by atoms with Gasteiger partial charge >= 0.3 is 0 Å². The second kappa shape index (κ2) is 14.6. The third-order valence-corrected chi connectivity index (χ3v) is 9.78. The molecule has 1 aliphatic heterocycles. The number of benzene rings is 1. The lowest BCUT2D eigenvalue weighted by Gasteiger charge is -2.37. The minimum absolute atomic E-state index is 0.0299. The van der Waals surface area contributed by atoms with Gasteiger partial charge in [0.15, 0.2) is 5.78 Å². The van der Waals surface area contributed by atoms with E-state index in [4.69, 9.17) is 9.72 Å². The molecule has 1 aromatic carbocycles. The predicted molar refractivity (Wildman–Crippen MR) is 178 cm³/mol. The number of carbonyl (C=O) groups is 3. The van der Waals surface area contributed by atoms with Crippen molar-refractivity contribution in [2.75, 3.05) is 44.8 Å². The number of nitrogens with zero attached hydrogens (tertiary/aromatic N) is 3. The third-order valence-electron chi connectivity index (χ3n) is 9.78. The Balaban J connectivity index is 1.40. The van der Waals surface area contributed by atoms with Gasteiger partial charge in [-0.1, -0.05) is 17.7 Å². The largest absolute Gasteiger partial charge is 0.379 e. The maximum atomic E-state index is 13.8. The number of morpholine rings is 1. The highest BCUT2D eigenvalue weighted by molar-refractivity contribution is 6.00. The number of allylic oxidation sites excluding steroid dienone is 3. The van der Waals surface area contributed by atoms with Gasteiger partial charge in [-0.05, 0) is 100 Å². The minimum Gasteiger partial charge on any atom is -0.379 e. The predicted octanol–water partition coefficient (Wildman–Crippen LogP) is 5.68. The summed E-state index contributed by atoms with van der Waals surface area (Å²) >= 11 is 0. The van der Waals surface area contributed by atoms with Crippen LogP contribution in [-0.2, 0) is 20.9 Å². The van der Waals surface area contributed by atoms with Crippen LogP contribution in [-0.4, -0.2) is 73.3 Å². The zero-order valence-corrected chi connectivity index (χ0v) is 27.5. The molecule has 8 nitrogen and oxygen atoms in total. The van der Waals surface area contributed by atoms with Gasteiger partial charge in [0.2, 0.25) is 0 Å². The van der Waals surface area contributed by atoms with Crippen LogP contribution in [0.3, 0.4) is 0 Å². The van der Waals surface area contributed by atoms with Crippen molar-refractivity contribution in [1.82, 2.24) is 15.2 Å². The molecule has 45 heavy (non-hydrogen) atoms. The lowest BCUT2D eigenvalue weighted by molar-refractivity contribution is -0.118. The van der Waals surface area contributed by atoms with Crippen molar-refractivity contribution in [2.45, 2.75) is 72.4 Å². The molecule has 1 unspecified atom stereocenters. The molecular weight excluding hydrogens is 564 g/mol. The van der Waals surface area contributed by atoms with E-state index in [2.05, 4.69) is 40.4 Å². The highest BCUT2D eigenvalue weighted by Crippen LogP contribution is 2.36. The van der Waals surface area contributed by atoms with Crippen LogP contribution in [0.2, 0.25) is 0 Å². The van der Waals surface area contributed by atoms with E-state index in [9.17, 15) is 14.4 Å². The average Bonchev–Trinajstić information content (AvgIpc) is 3.01. The van der Waals surface area contributed by atoms with E-state index in [-0.39, 0.29) is 29.9 Å². The van der Waals surface area contributed by atoms with Crippen molar-refractivity contribution >= 4 is 23.2 Å². The van der Waals surface area contributed by atoms with E-state index in [1.165, 1.54) is 0 Å². The van der Waals surface area contributed by atoms with Crippen molar-refractivity contribution in [3.05, 3.63) is 70.6 Å². The molecule has 1 N–H and O–H groups in total. The summed E-state index contributed by atoms with van der Waals surface area (Å²) in [4.78, 5) is 47.7. The molecule has 5 rings (SSSR count). The standard InChI is InChI=1S/C37H48N4O4/c1-24-16-25(2)34(36(43)17-24)22-39-37(44)33-19-30(29-8-9-31(38-21-29)23-41-12-14-45-15-13-41)20-35(27(33)4)40(5)32-10-6-28(7-11-32)18-26(3)42/h8-9,16-17,19-21,28,32,34H,6-7,10-15,18,22-23H2,1-5H3,(H,39,44). The van der Waals surface area contributed by atoms with E-state index in [1.807, 2.05) is 39.1 Å². The summed E-state index contributed by atoms with van der Waals surface area (Å²) in [5.41, 5.74) is 7.35. The number of anilines is 1. The molecule has 0 bridgehead atoms. The third kappa shape index (κ3) is 8.16. The lowest BCUT2D eigenvalue weighted by atomic mass is 9.82. The molecule has 2 aromatic rings. The van der Waals surface area contributed by atoms with E-state index < -0.39 is 0 Å². The van der Waals surface area contributed by atoms with Crippen molar-refractivity contribution in [2.24, 2.45) is 11.8 Å². The number of aromatic nitrogens is 1. The first-order chi connectivity index (χ1) is 21.6. The molecule has 2 aliphatic carbocycles. The summed E-state index contributed by atoms with van der Waals surface area (Å²) in [6.45, 7) is 11.9. The van der Waals surface area contributed by atoms with Crippen LogP contribution >= 0.6 is 0 Å². The molecule has 2 fully saturated rings. The monoisotopic (exact) mass is 612 g/mol. The first-order valence-electron chi connectivity index (χ1n) is 16.4. The first kappa shape index (κ1) is 32.8.